The third-order valence-electron chi connectivity index (χ3n) is 2.64. The standard InChI is InChI=1S/C15H13F3NO/c1-12-7-5-6-10-14(12)19(20-15(16,17)18)11-13-8-3-2-4-9-13/h2-10H,1,11H2. The average Bonchev–Trinajstić information content (AvgIpc) is 2.38. The number of rotatable bonds is 4. The van der Waals surface area contributed by atoms with Crippen LogP contribution in [0.4, 0.5) is 18.9 Å². The van der Waals surface area contributed by atoms with E-state index in [4.69, 9.17) is 0 Å². The van der Waals surface area contributed by atoms with Gasteiger partial charge in [0.15, 0.2) is 0 Å². The largest absolute Gasteiger partial charge is 0.544 e. The van der Waals surface area contributed by atoms with Crippen molar-refractivity contribution in [2.45, 2.75) is 12.9 Å². The number of para-hydroxylation sites is 1. The summed E-state index contributed by atoms with van der Waals surface area (Å²) < 4.78 is 37.6. The van der Waals surface area contributed by atoms with Crippen LogP contribution in [0, 0.1) is 6.92 Å². The topological polar surface area (TPSA) is 12.5 Å². The maximum absolute atomic E-state index is 12.5. The van der Waals surface area contributed by atoms with Gasteiger partial charge in [-0.05, 0) is 24.1 Å². The van der Waals surface area contributed by atoms with E-state index in [1.54, 1.807) is 48.5 Å². The predicted molar refractivity (Wildman–Crippen MR) is 70.7 cm³/mol. The summed E-state index contributed by atoms with van der Waals surface area (Å²) in [5.41, 5.74) is 1.46. The molecule has 2 aromatic rings. The lowest BCUT2D eigenvalue weighted by molar-refractivity contribution is -0.331. The molecule has 0 N–H and O–H groups in total. The molecule has 1 radical (unpaired) electrons. The second-order valence-electron chi connectivity index (χ2n) is 4.19. The molecule has 0 saturated heterocycles. The maximum Gasteiger partial charge on any atom is 0.544 e. The van der Waals surface area contributed by atoms with Crippen LogP contribution in [-0.4, -0.2) is 6.36 Å². The molecule has 0 aromatic heterocycles. The van der Waals surface area contributed by atoms with Crippen molar-refractivity contribution >= 4 is 5.69 Å². The van der Waals surface area contributed by atoms with Crippen LogP contribution in [0.15, 0.2) is 54.6 Å². The van der Waals surface area contributed by atoms with Crippen LogP contribution in [0.25, 0.3) is 0 Å². The highest BCUT2D eigenvalue weighted by atomic mass is 19.4. The normalized spacial score (nSPS) is 11.4. The Kier molecular flexibility index (Phi) is 4.29. The van der Waals surface area contributed by atoms with Gasteiger partial charge >= 0.3 is 6.36 Å². The van der Waals surface area contributed by atoms with Crippen LogP contribution in [0.5, 0.6) is 0 Å². The SMILES string of the molecule is [CH2]c1ccccc1N(Cc1ccccc1)OC(F)(F)F. The number of alkyl halides is 3. The Bertz CT molecular complexity index is 555. The molecular formula is C15H13F3NO. The van der Waals surface area contributed by atoms with Gasteiger partial charge < -0.3 is 0 Å². The molecule has 0 aliphatic carbocycles. The Morgan fingerprint density at radius 3 is 2.15 bits per heavy atom. The highest BCUT2D eigenvalue weighted by Crippen LogP contribution is 2.27. The van der Waals surface area contributed by atoms with Crippen molar-refractivity contribution in [2.75, 3.05) is 5.06 Å². The number of anilines is 1. The van der Waals surface area contributed by atoms with Gasteiger partial charge in [0.25, 0.3) is 0 Å². The molecule has 0 heterocycles. The van der Waals surface area contributed by atoms with Gasteiger partial charge in [0.05, 0.1) is 12.2 Å². The van der Waals surface area contributed by atoms with Gasteiger partial charge in [-0.1, -0.05) is 48.5 Å². The molecule has 20 heavy (non-hydrogen) atoms. The fourth-order valence-corrected chi connectivity index (χ4v) is 1.79. The number of halogens is 3. The third-order valence-corrected chi connectivity index (χ3v) is 2.64. The first kappa shape index (κ1) is 14.4. The summed E-state index contributed by atoms with van der Waals surface area (Å²) in [6, 6.07) is 15.3. The van der Waals surface area contributed by atoms with E-state index in [1.165, 1.54) is 6.07 Å². The Hall–Kier alpha value is -2.01. The van der Waals surface area contributed by atoms with E-state index in [2.05, 4.69) is 11.8 Å². The minimum Gasteiger partial charge on any atom is -0.241 e. The molecule has 0 bridgehead atoms. The van der Waals surface area contributed by atoms with Gasteiger partial charge in [-0.2, -0.15) is 4.84 Å². The van der Waals surface area contributed by atoms with Crippen molar-refractivity contribution in [3.05, 3.63) is 72.6 Å². The second kappa shape index (κ2) is 5.96. The van der Waals surface area contributed by atoms with Gasteiger partial charge in [0.1, 0.15) is 0 Å². The lowest BCUT2D eigenvalue weighted by Gasteiger charge is -2.26. The lowest BCUT2D eigenvalue weighted by atomic mass is 10.1. The van der Waals surface area contributed by atoms with E-state index < -0.39 is 6.36 Å². The van der Waals surface area contributed by atoms with E-state index in [1.807, 2.05) is 0 Å². The quantitative estimate of drug-likeness (QED) is 0.773. The Morgan fingerprint density at radius 2 is 1.55 bits per heavy atom. The minimum absolute atomic E-state index is 0.0209. The number of hydrogen-bond acceptors (Lipinski definition) is 2. The summed E-state index contributed by atoms with van der Waals surface area (Å²) in [4.78, 5) is 4.10. The summed E-state index contributed by atoms with van der Waals surface area (Å²) in [7, 11) is 0. The fraction of sp³-hybridized carbons (Fsp3) is 0.133. The molecule has 0 unspecified atom stereocenters. The highest BCUT2D eigenvalue weighted by molar-refractivity contribution is 5.53. The maximum atomic E-state index is 12.5. The molecule has 0 aliphatic rings. The molecule has 105 valence electrons. The average molecular weight is 280 g/mol. The van der Waals surface area contributed by atoms with E-state index >= 15 is 0 Å². The van der Waals surface area contributed by atoms with Gasteiger partial charge in [-0.25, -0.2) is 5.06 Å². The predicted octanol–water partition coefficient (Wildman–Crippen LogP) is 4.33. The molecule has 5 heteroatoms. The van der Waals surface area contributed by atoms with Crippen molar-refractivity contribution in [1.29, 1.82) is 0 Å². The zero-order valence-electron chi connectivity index (χ0n) is 10.6. The van der Waals surface area contributed by atoms with Crippen LogP contribution in [0.3, 0.4) is 0 Å². The molecule has 2 nitrogen and oxygen atoms in total. The van der Waals surface area contributed by atoms with Crippen molar-refractivity contribution in [2.24, 2.45) is 0 Å². The van der Waals surface area contributed by atoms with Crippen molar-refractivity contribution in [1.82, 2.24) is 0 Å². The van der Waals surface area contributed by atoms with Crippen LogP contribution in [-0.2, 0) is 11.4 Å². The summed E-state index contributed by atoms with van der Waals surface area (Å²) in [6.45, 7) is 3.70. The number of nitrogens with zero attached hydrogens (tertiary/aromatic N) is 1. The van der Waals surface area contributed by atoms with Gasteiger partial charge in [-0.15, -0.1) is 13.2 Å². The minimum atomic E-state index is -4.75. The van der Waals surface area contributed by atoms with Crippen molar-refractivity contribution in [3.8, 4) is 0 Å². The van der Waals surface area contributed by atoms with Gasteiger partial charge in [0, 0.05) is 0 Å². The first-order chi connectivity index (χ1) is 9.46. The zero-order valence-corrected chi connectivity index (χ0v) is 10.6. The fourth-order valence-electron chi connectivity index (χ4n) is 1.79. The lowest BCUT2D eigenvalue weighted by Crippen LogP contribution is -2.31. The molecule has 0 saturated carbocycles. The second-order valence-corrected chi connectivity index (χ2v) is 4.19. The van der Waals surface area contributed by atoms with Crippen LogP contribution < -0.4 is 5.06 Å². The first-order valence-corrected chi connectivity index (χ1v) is 5.94. The number of hydroxylamine groups is 1. The van der Waals surface area contributed by atoms with Crippen LogP contribution >= 0.6 is 0 Å². The summed E-state index contributed by atoms with van der Waals surface area (Å²) in [6.07, 6.45) is -4.75. The number of hydrogen-bond donors (Lipinski definition) is 0. The molecule has 2 rings (SSSR count). The van der Waals surface area contributed by atoms with E-state index in [0.29, 0.717) is 11.1 Å². The smallest absolute Gasteiger partial charge is 0.241 e. The summed E-state index contributed by atoms with van der Waals surface area (Å²) in [5.74, 6) is 0. The van der Waals surface area contributed by atoms with E-state index in [0.717, 1.165) is 5.06 Å². The third kappa shape index (κ3) is 3.99. The first-order valence-electron chi connectivity index (χ1n) is 5.94. The molecule has 0 aliphatic heterocycles. The van der Waals surface area contributed by atoms with Gasteiger partial charge in [-0.3, -0.25) is 0 Å². The monoisotopic (exact) mass is 280 g/mol. The van der Waals surface area contributed by atoms with Crippen LogP contribution in [0.1, 0.15) is 11.1 Å². The summed E-state index contributed by atoms with van der Waals surface area (Å²) >= 11 is 0. The van der Waals surface area contributed by atoms with E-state index in [-0.39, 0.29) is 12.2 Å². The molecule has 0 fully saturated rings. The Labute approximate surface area is 115 Å². The highest BCUT2D eigenvalue weighted by Gasteiger charge is 2.34. The zero-order chi connectivity index (χ0) is 14.6. The van der Waals surface area contributed by atoms with Crippen molar-refractivity contribution in [3.63, 3.8) is 0 Å². The molecule has 2 aromatic carbocycles. The Morgan fingerprint density at radius 1 is 0.950 bits per heavy atom. The van der Waals surface area contributed by atoms with Crippen molar-refractivity contribution < 1.29 is 18.0 Å². The van der Waals surface area contributed by atoms with E-state index in [9.17, 15) is 13.2 Å². The molecule has 0 atom stereocenters. The Balaban J connectivity index is 2.28. The van der Waals surface area contributed by atoms with Gasteiger partial charge in [0.2, 0.25) is 0 Å². The molecular weight excluding hydrogens is 267 g/mol. The van der Waals surface area contributed by atoms with Crippen LogP contribution in [0.2, 0.25) is 0 Å². The summed E-state index contributed by atoms with van der Waals surface area (Å²) in [5, 5.41) is 0.803. The molecule has 0 amide bonds. The number of benzene rings is 2. The molecule has 0 spiro atoms.